The van der Waals surface area contributed by atoms with Crippen LogP contribution in [0.5, 0.6) is 5.75 Å². The van der Waals surface area contributed by atoms with E-state index in [0.29, 0.717) is 17.7 Å². The van der Waals surface area contributed by atoms with Crippen molar-refractivity contribution in [3.05, 3.63) is 84.1 Å². The van der Waals surface area contributed by atoms with Gasteiger partial charge in [-0.15, -0.1) is 0 Å². The molecule has 0 aliphatic carbocycles. The number of aromatic hydroxyl groups is 1. The summed E-state index contributed by atoms with van der Waals surface area (Å²) in [6.07, 6.45) is 5.51. The number of aliphatic hydroxyl groups is 1. The van der Waals surface area contributed by atoms with Crippen LogP contribution in [0, 0.1) is 11.8 Å². The number of guanidine groups is 1. The summed E-state index contributed by atoms with van der Waals surface area (Å²) in [5.41, 5.74) is 20.0. The van der Waals surface area contributed by atoms with Gasteiger partial charge in [-0.05, 0) is 99.5 Å². The summed E-state index contributed by atoms with van der Waals surface area (Å²) in [6.45, 7) is 7.93. The van der Waals surface area contributed by atoms with E-state index >= 15 is 0 Å². The van der Waals surface area contributed by atoms with Gasteiger partial charge >= 0.3 is 0 Å². The second kappa shape index (κ2) is 32.0. The number of nitrogens with two attached hydrogens (primary N) is 3. The minimum Gasteiger partial charge on any atom is -0.508 e. The van der Waals surface area contributed by atoms with Crippen LogP contribution in [0.1, 0.15) is 103 Å². The number of imide groups is 1. The molecule has 2 aliphatic rings. The molecule has 2 saturated heterocycles. The van der Waals surface area contributed by atoms with E-state index in [0.717, 1.165) is 21.4 Å². The first kappa shape index (κ1) is 67.2. The number of carbonyl (C=O) groups is 10. The van der Waals surface area contributed by atoms with Gasteiger partial charge < -0.3 is 79.5 Å². The Kier molecular flexibility index (Phi) is 24.7. The zero-order valence-electron chi connectivity index (χ0n) is 49.8. The third-order valence-electron chi connectivity index (χ3n) is 15.1. The van der Waals surface area contributed by atoms with Gasteiger partial charge in [-0.2, -0.15) is 0 Å². The van der Waals surface area contributed by atoms with Crippen LogP contribution in [-0.4, -0.2) is 181 Å². The summed E-state index contributed by atoms with van der Waals surface area (Å²) in [5, 5.41) is 40.0. The van der Waals surface area contributed by atoms with Crippen molar-refractivity contribution in [2.45, 2.75) is 160 Å². The quantitative estimate of drug-likeness (QED) is 0.0157. The van der Waals surface area contributed by atoms with Gasteiger partial charge in [0.05, 0.1) is 19.0 Å². The highest BCUT2D eigenvalue weighted by molar-refractivity contribution is 6.04. The van der Waals surface area contributed by atoms with E-state index in [1.165, 1.54) is 41.7 Å². The Hall–Kier alpha value is -8.92. The molecule has 4 aromatic rings. The zero-order chi connectivity index (χ0) is 63.5. The number of aromatic amines is 2. The van der Waals surface area contributed by atoms with Crippen LogP contribution < -0.4 is 54.4 Å². The molecule has 87 heavy (non-hydrogen) atoms. The second-order valence-electron chi connectivity index (χ2n) is 22.8. The van der Waals surface area contributed by atoms with Crippen molar-refractivity contribution in [2.24, 2.45) is 34.0 Å². The maximum Gasteiger partial charge on any atom is 0.252 e. The lowest BCUT2D eigenvalue weighted by Crippen LogP contribution is -2.61. The number of aromatic nitrogens is 3. The van der Waals surface area contributed by atoms with Crippen molar-refractivity contribution in [2.75, 3.05) is 26.2 Å². The molecule has 28 heteroatoms. The largest absolute Gasteiger partial charge is 0.508 e. The molecule has 2 aromatic carbocycles. The Labute approximate surface area is 504 Å². The summed E-state index contributed by atoms with van der Waals surface area (Å²) in [5.74, 6) is -7.88. The van der Waals surface area contributed by atoms with Crippen LogP contribution in [-0.2, 0) is 67.2 Å². The van der Waals surface area contributed by atoms with Gasteiger partial charge in [0.1, 0.15) is 54.1 Å². The molecule has 2 aliphatic heterocycles. The number of imidazole rings is 1. The smallest absolute Gasteiger partial charge is 0.252 e. The van der Waals surface area contributed by atoms with Crippen LogP contribution in [0.2, 0.25) is 0 Å². The maximum atomic E-state index is 14.9. The minimum absolute atomic E-state index is 0.0354. The van der Waals surface area contributed by atoms with Crippen molar-refractivity contribution in [1.82, 2.24) is 62.0 Å². The van der Waals surface area contributed by atoms with E-state index in [-0.39, 0.29) is 113 Å². The Bertz CT molecular complexity index is 3070. The predicted octanol–water partition coefficient (Wildman–Crippen LogP) is -1.36. The molecule has 28 nitrogen and oxygen atoms in total. The molecule has 0 spiro atoms. The molecular weight excluding hydrogens is 1120 g/mol. The average Bonchev–Trinajstić information content (AvgIpc) is 3.54. The van der Waals surface area contributed by atoms with Crippen LogP contribution >= 0.6 is 0 Å². The summed E-state index contributed by atoms with van der Waals surface area (Å²) in [6, 6.07) is 1.85. The van der Waals surface area contributed by atoms with Crippen LogP contribution in [0.15, 0.2) is 72.2 Å². The molecule has 9 atom stereocenters. The van der Waals surface area contributed by atoms with Crippen LogP contribution in [0.3, 0.4) is 0 Å². The normalized spacial score (nSPS) is 17.2. The van der Waals surface area contributed by atoms with Crippen molar-refractivity contribution < 1.29 is 58.2 Å². The second-order valence-corrected chi connectivity index (χ2v) is 22.8. The van der Waals surface area contributed by atoms with Gasteiger partial charge in [-0.1, -0.05) is 58.0 Å². The fraction of sp³-hybridized carbons (Fsp3) is 0.525. The number of rotatable bonds is 31. The monoisotopic (exact) mass is 1210 g/mol. The number of likely N-dealkylation sites (N-methyl/N-ethyl adjacent to an activating group) is 1. The first-order valence-corrected chi connectivity index (χ1v) is 29.5. The van der Waals surface area contributed by atoms with E-state index in [2.05, 4.69) is 57.2 Å². The predicted molar refractivity (Wildman–Crippen MR) is 320 cm³/mol. The number of aliphatic hydroxyl groups excluding tert-OH is 1. The van der Waals surface area contributed by atoms with E-state index in [1.807, 2.05) is 38.1 Å². The maximum absolute atomic E-state index is 14.9. The number of para-hydroxylation sites is 1. The number of H-pyrrole nitrogens is 2. The topological polar surface area (TPSA) is 437 Å². The highest BCUT2D eigenvalue weighted by Crippen LogP contribution is 2.24. The van der Waals surface area contributed by atoms with E-state index < -0.39 is 114 Å². The lowest BCUT2D eigenvalue weighted by molar-refractivity contribution is -0.153. The molecule has 0 radical (unpaired) electrons. The number of phenolic OH excluding ortho intramolecular Hbond substituents is 1. The van der Waals surface area contributed by atoms with E-state index in [1.54, 1.807) is 27.0 Å². The molecule has 472 valence electrons. The Balaban J connectivity index is 1.18. The number of likely N-dealkylation sites (tertiary alicyclic amines) is 1. The lowest BCUT2D eigenvalue weighted by Gasteiger charge is -2.33. The highest BCUT2D eigenvalue weighted by atomic mass is 16.3. The fourth-order valence-electron chi connectivity index (χ4n) is 10.6. The molecule has 17 N–H and O–H groups in total. The van der Waals surface area contributed by atoms with Gasteiger partial charge in [-0.3, -0.25) is 57.8 Å². The van der Waals surface area contributed by atoms with E-state index in [4.69, 9.17) is 17.2 Å². The first-order chi connectivity index (χ1) is 41.5. The minimum atomic E-state index is -1.56. The number of benzene rings is 2. The van der Waals surface area contributed by atoms with Crippen molar-refractivity contribution >= 4 is 75.9 Å². The zero-order valence-corrected chi connectivity index (χ0v) is 49.8. The molecule has 0 bridgehead atoms. The number of carbonyl (C=O) groups excluding carboxylic acids is 10. The van der Waals surface area contributed by atoms with Crippen LogP contribution in [0.25, 0.3) is 10.9 Å². The SMILES string of the molecule is CCN(C(=O)C(Cc1cnc[nH]1)NC(=O)[C@@H]1CCC(=O)N1)C(=O)[C@@H]1CCCN1C(=O)C(CCCN=C(N)N)NC(=O)C(CC(C)C)NC(=O)C(CC(C)C)NC(=O)C(Cc1ccc(O)cc1)NC(=O)C(CO)NC(=O)C(N)Cc1c[nH]c2ccccc12. The molecule has 4 heterocycles. The van der Waals surface area contributed by atoms with Gasteiger partial charge in [0, 0.05) is 67.9 Å². The Morgan fingerprint density at radius 2 is 1.38 bits per heavy atom. The Morgan fingerprint density at radius 1 is 0.759 bits per heavy atom. The van der Waals surface area contributed by atoms with E-state index in [9.17, 15) is 58.2 Å². The van der Waals surface area contributed by atoms with Gasteiger partial charge in [-0.25, -0.2) is 4.98 Å². The summed E-state index contributed by atoms with van der Waals surface area (Å²) in [4.78, 5) is 157. The average molecular weight is 1210 g/mol. The fourth-order valence-corrected chi connectivity index (χ4v) is 10.6. The van der Waals surface area contributed by atoms with Crippen molar-refractivity contribution in [1.29, 1.82) is 0 Å². The first-order valence-electron chi connectivity index (χ1n) is 29.5. The number of nitrogens with one attached hydrogen (secondary N) is 9. The highest BCUT2D eigenvalue weighted by Gasteiger charge is 2.43. The van der Waals surface area contributed by atoms with Gasteiger partial charge in [0.2, 0.25) is 47.3 Å². The molecule has 2 fully saturated rings. The van der Waals surface area contributed by atoms with Crippen LogP contribution in [0.4, 0.5) is 0 Å². The number of nitrogens with zero attached hydrogens (tertiary/aromatic N) is 4. The summed E-state index contributed by atoms with van der Waals surface area (Å²) >= 11 is 0. The molecule has 2 aromatic heterocycles. The number of hydrogen-bond acceptors (Lipinski definition) is 15. The van der Waals surface area contributed by atoms with Gasteiger partial charge in [0.15, 0.2) is 5.96 Å². The number of phenols is 1. The van der Waals surface area contributed by atoms with Crippen molar-refractivity contribution in [3.63, 3.8) is 0 Å². The summed E-state index contributed by atoms with van der Waals surface area (Å²) < 4.78 is 0. The standard InChI is InChI=1S/C59H84N16O12/c1-6-74(57(86)46(27-36-29-63-31-66-36)72-51(80)41-19-20-49(78)67-41)58(87)48-14-10-22-75(48)56(85)42(13-9-21-64-59(61)62)68-52(81)43(23-32(2)3)69-53(82)44(24-33(4)5)70-54(83)45(25-34-15-17-37(77)18-16-34)71-55(84)47(30-76)73-50(79)39(60)26-35-28-65-40-12-8-7-11-38(35)40/h7-8,11-12,15-18,28-29,31-33,39,41-48,65,76-77H,6,9-10,13-14,19-27,30,60H2,1-5H3,(H,63,66)(H,67,78)(H,68,81)(H,69,82)(H,70,83)(H,71,84)(H,72,80)(H,73,79)(H4,61,62,64)/t39?,41-,42?,43?,44?,45?,46?,47?,48-/m0/s1. The lowest BCUT2D eigenvalue weighted by atomic mass is 9.98. The Morgan fingerprint density at radius 3 is 1.98 bits per heavy atom. The number of amides is 10. The third kappa shape index (κ3) is 19.3. The molecule has 7 unspecified atom stereocenters. The molecule has 10 amide bonds. The number of fused-ring (bicyclic) bond motifs is 1. The van der Waals surface area contributed by atoms with Crippen molar-refractivity contribution in [3.8, 4) is 5.75 Å². The molecule has 0 saturated carbocycles. The number of hydrogen-bond donors (Lipinski definition) is 14. The molecular formula is C59H84N16O12. The summed E-state index contributed by atoms with van der Waals surface area (Å²) in [7, 11) is 0. The van der Waals surface area contributed by atoms with Gasteiger partial charge in [0.25, 0.3) is 11.8 Å². The molecule has 6 rings (SSSR count). The third-order valence-corrected chi connectivity index (χ3v) is 15.1. The number of aliphatic imine (C=N–C) groups is 1.